The van der Waals surface area contributed by atoms with Gasteiger partial charge in [0.1, 0.15) is 0 Å². The number of aromatic nitrogens is 4. The van der Waals surface area contributed by atoms with E-state index in [9.17, 15) is 4.79 Å². The van der Waals surface area contributed by atoms with Crippen LogP contribution < -0.4 is 5.73 Å². The predicted octanol–water partition coefficient (Wildman–Crippen LogP) is 2.35. The van der Waals surface area contributed by atoms with Gasteiger partial charge in [0.05, 0.1) is 5.41 Å². The minimum Gasteiger partial charge on any atom is -0.345 e. The second kappa shape index (κ2) is 6.51. The molecule has 0 saturated heterocycles. The molecule has 28 heavy (non-hydrogen) atoms. The molecule has 7 nitrogen and oxygen atoms in total. The van der Waals surface area contributed by atoms with Crippen LogP contribution in [0, 0.1) is 0 Å². The van der Waals surface area contributed by atoms with Crippen LogP contribution in [0.25, 0.3) is 0 Å². The van der Waals surface area contributed by atoms with Crippen LogP contribution in [0.5, 0.6) is 0 Å². The Hall–Kier alpha value is -2.54. The third-order valence-corrected chi connectivity index (χ3v) is 6.50. The van der Waals surface area contributed by atoms with Gasteiger partial charge >= 0.3 is 0 Å². The SMILES string of the molecule is CC1=C(C)C(CC2(N)CC2)(c2nn[nH]n2)c2ccc(C(=O)N(C)C)cc2CC1. The number of allylic oxidation sites excluding steroid dienone is 2. The molecule has 2 aliphatic rings. The minimum absolute atomic E-state index is 0.0103. The number of H-pyrrole nitrogens is 1. The van der Waals surface area contributed by atoms with Crippen LogP contribution >= 0.6 is 0 Å². The first-order chi connectivity index (χ1) is 13.3. The second-order valence-electron chi connectivity index (χ2n) is 8.66. The summed E-state index contributed by atoms with van der Waals surface area (Å²) in [5.41, 5.74) is 11.5. The lowest BCUT2D eigenvalue weighted by Gasteiger charge is -2.36. The molecule has 7 heteroatoms. The van der Waals surface area contributed by atoms with Crippen LogP contribution in [0.1, 0.15) is 66.8 Å². The van der Waals surface area contributed by atoms with E-state index in [1.165, 1.54) is 11.1 Å². The molecule has 1 atom stereocenters. The molecule has 2 aromatic rings. The molecular weight excluding hydrogens is 352 g/mol. The number of hydrogen-bond acceptors (Lipinski definition) is 5. The lowest BCUT2D eigenvalue weighted by molar-refractivity contribution is 0.0827. The van der Waals surface area contributed by atoms with Crippen LogP contribution in [0.4, 0.5) is 0 Å². The molecule has 2 aliphatic carbocycles. The summed E-state index contributed by atoms with van der Waals surface area (Å²) >= 11 is 0. The van der Waals surface area contributed by atoms with E-state index in [1.807, 2.05) is 12.1 Å². The number of amides is 1. The molecular formula is C21H28N6O. The number of benzene rings is 1. The Kier molecular flexibility index (Phi) is 4.38. The topological polar surface area (TPSA) is 101 Å². The second-order valence-corrected chi connectivity index (χ2v) is 8.66. The fraction of sp³-hybridized carbons (Fsp3) is 0.524. The van der Waals surface area contributed by atoms with E-state index in [0.29, 0.717) is 11.4 Å². The molecule has 0 radical (unpaired) electrons. The summed E-state index contributed by atoms with van der Waals surface area (Å²) in [6.07, 6.45) is 4.58. The molecule has 1 heterocycles. The maximum absolute atomic E-state index is 12.5. The number of nitrogens with two attached hydrogens (primary N) is 1. The number of tetrazole rings is 1. The van der Waals surface area contributed by atoms with Crippen molar-refractivity contribution in [1.82, 2.24) is 25.5 Å². The Morgan fingerprint density at radius 1 is 1.25 bits per heavy atom. The summed E-state index contributed by atoms with van der Waals surface area (Å²) in [5.74, 6) is 0.673. The fourth-order valence-electron chi connectivity index (χ4n) is 4.49. The zero-order valence-electron chi connectivity index (χ0n) is 17.0. The van der Waals surface area contributed by atoms with Gasteiger partial charge in [-0.25, -0.2) is 0 Å². The molecule has 3 N–H and O–H groups in total. The molecule has 0 spiro atoms. The summed E-state index contributed by atoms with van der Waals surface area (Å²) in [7, 11) is 3.55. The van der Waals surface area contributed by atoms with Gasteiger partial charge in [-0.2, -0.15) is 5.21 Å². The zero-order valence-corrected chi connectivity index (χ0v) is 17.0. The number of rotatable bonds is 4. The van der Waals surface area contributed by atoms with E-state index in [4.69, 9.17) is 5.73 Å². The Labute approximate surface area is 165 Å². The van der Waals surface area contributed by atoms with Crippen LogP contribution in [0.2, 0.25) is 0 Å². The maximum Gasteiger partial charge on any atom is 0.253 e. The van der Waals surface area contributed by atoms with Crippen molar-refractivity contribution in [3.8, 4) is 0 Å². The van der Waals surface area contributed by atoms with Gasteiger partial charge in [0.2, 0.25) is 0 Å². The molecule has 1 fully saturated rings. The first-order valence-electron chi connectivity index (χ1n) is 9.81. The lowest BCUT2D eigenvalue weighted by Crippen LogP contribution is -2.40. The third-order valence-electron chi connectivity index (χ3n) is 6.50. The van der Waals surface area contributed by atoms with E-state index in [0.717, 1.165) is 43.2 Å². The summed E-state index contributed by atoms with van der Waals surface area (Å²) < 4.78 is 0. The average Bonchev–Trinajstić information content (AvgIpc) is 3.18. The summed E-state index contributed by atoms with van der Waals surface area (Å²) in [5, 5.41) is 15.3. The van der Waals surface area contributed by atoms with Crippen molar-refractivity contribution in [2.75, 3.05) is 14.1 Å². The number of carbonyl (C=O) groups is 1. The molecule has 148 valence electrons. The Morgan fingerprint density at radius 2 is 2.00 bits per heavy atom. The summed E-state index contributed by atoms with van der Waals surface area (Å²) in [6, 6.07) is 6.03. The first-order valence-corrected chi connectivity index (χ1v) is 9.81. The summed E-state index contributed by atoms with van der Waals surface area (Å²) in [6.45, 7) is 4.35. The van der Waals surface area contributed by atoms with Crippen molar-refractivity contribution >= 4 is 5.91 Å². The van der Waals surface area contributed by atoms with Gasteiger partial charge < -0.3 is 10.6 Å². The van der Waals surface area contributed by atoms with Crippen molar-refractivity contribution in [3.05, 3.63) is 51.9 Å². The molecule has 1 amide bonds. The molecule has 1 saturated carbocycles. The standard InChI is InChI=1S/C21H28N6O/c1-13-5-6-15-11-16(18(28)27(3)4)7-8-17(15)21(14(13)2,12-20(22)9-10-20)19-23-25-26-24-19/h7-8,11H,5-6,9-10,12,22H2,1-4H3,(H,23,24,25,26). The number of nitrogens with zero attached hydrogens (tertiary/aromatic N) is 4. The highest BCUT2D eigenvalue weighted by atomic mass is 16.2. The lowest BCUT2D eigenvalue weighted by atomic mass is 9.67. The van der Waals surface area contributed by atoms with Crippen molar-refractivity contribution in [2.45, 2.75) is 56.9 Å². The molecule has 0 aliphatic heterocycles. The molecule has 0 bridgehead atoms. The largest absolute Gasteiger partial charge is 0.345 e. The summed E-state index contributed by atoms with van der Waals surface area (Å²) in [4.78, 5) is 14.1. The smallest absolute Gasteiger partial charge is 0.253 e. The Balaban J connectivity index is 1.95. The van der Waals surface area contributed by atoms with Gasteiger partial charge in [0.15, 0.2) is 5.82 Å². The van der Waals surface area contributed by atoms with Crippen LogP contribution in [-0.2, 0) is 11.8 Å². The minimum atomic E-state index is -0.520. The van der Waals surface area contributed by atoms with Gasteiger partial charge in [-0.1, -0.05) is 22.4 Å². The van der Waals surface area contributed by atoms with Gasteiger partial charge in [0, 0.05) is 25.2 Å². The van der Waals surface area contributed by atoms with Crippen LogP contribution in [-0.4, -0.2) is 51.1 Å². The van der Waals surface area contributed by atoms with Crippen molar-refractivity contribution in [3.63, 3.8) is 0 Å². The highest BCUT2D eigenvalue weighted by molar-refractivity contribution is 5.94. The van der Waals surface area contributed by atoms with Gasteiger partial charge in [-0.05, 0) is 69.2 Å². The molecule has 1 unspecified atom stereocenters. The third kappa shape index (κ3) is 2.94. The van der Waals surface area contributed by atoms with Crippen molar-refractivity contribution in [1.29, 1.82) is 0 Å². The van der Waals surface area contributed by atoms with Crippen LogP contribution in [0.3, 0.4) is 0 Å². The first kappa shape index (κ1) is 18.8. The van der Waals surface area contributed by atoms with E-state index in [-0.39, 0.29) is 11.4 Å². The fourth-order valence-corrected chi connectivity index (χ4v) is 4.49. The van der Waals surface area contributed by atoms with E-state index >= 15 is 0 Å². The van der Waals surface area contributed by atoms with Gasteiger partial charge in [-0.15, -0.1) is 10.2 Å². The Morgan fingerprint density at radius 3 is 2.61 bits per heavy atom. The zero-order chi connectivity index (χ0) is 20.1. The molecule has 1 aromatic carbocycles. The highest BCUT2D eigenvalue weighted by Crippen LogP contribution is 2.52. The number of carbonyl (C=O) groups excluding carboxylic acids is 1. The predicted molar refractivity (Wildman–Crippen MR) is 107 cm³/mol. The number of nitrogens with one attached hydrogen (secondary N) is 1. The van der Waals surface area contributed by atoms with E-state index in [2.05, 4.69) is 40.5 Å². The number of fused-ring (bicyclic) bond motifs is 1. The average molecular weight is 380 g/mol. The van der Waals surface area contributed by atoms with E-state index in [1.54, 1.807) is 19.0 Å². The highest BCUT2D eigenvalue weighted by Gasteiger charge is 2.52. The number of aromatic amines is 1. The maximum atomic E-state index is 12.5. The van der Waals surface area contributed by atoms with Crippen LogP contribution in [0.15, 0.2) is 29.3 Å². The molecule has 1 aromatic heterocycles. The Bertz CT molecular complexity index is 942. The van der Waals surface area contributed by atoms with Gasteiger partial charge in [0.25, 0.3) is 5.91 Å². The normalized spacial score (nSPS) is 23.2. The van der Waals surface area contributed by atoms with Gasteiger partial charge in [-0.3, -0.25) is 4.79 Å². The van der Waals surface area contributed by atoms with Crippen molar-refractivity contribution < 1.29 is 4.79 Å². The van der Waals surface area contributed by atoms with Crippen molar-refractivity contribution in [2.24, 2.45) is 5.73 Å². The van der Waals surface area contributed by atoms with E-state index < -0.39 is 5.41 Å². The number of aryl methyl sites for hydroxylation is 1. The number of hydrogen-bond donors (Lipinski definition) is 2. The quantitative estimate of drug-likeness (QED) is 0.793. The molecule has 4 rings (SSSR count). The monoisotopic (exact) mass is 380 g/mol.